The highest BCUT2D eigenvalue weighted by molar-refractivity contribution is 9.09. The number of rotatable bonds is 1. The Hall–Kier alpha value is 1.18. The highest BCUT2D eigenvalue weighted by Crippen LogP contribution is 2.43. The molecular weight excluding hydrogens is 252 g/mol. The molecule has 1 aliphatic heterocycles. The van der Waals surface area contributed by atoms with Gasteiger partial charge in [0.2, 0.25) is 0 Å². The lowest BCUT2D eigenvalue weighted by atomic mass is 10.00. The molecule has 0 unspecified atom stereocenters. The van der Waals surface area contributed by atoms with Crippen molar-refractivity contribution in [1.82, 2.24) is 0 Å². The van der Waals surface area contributed by atoms with Crippen LogP contribution in [0, 0.1) is 11.3 Å². The van der Waals surface area contributed by atoms with Gasteiger partial charge in [-0.1, -0.05) is 36.7 Å². The number of hydrogen-bond donors (Lipinski definition) is 0. The molecule has 1 rings (SSSR count). The first kappa shape index (κ1) is 11.3. The minimum atomic E-state index is 0.465. The number of hydrogen-bond acceptors (Lipinski definition) is 2. The molecule has 72 valence electrons. The number of thioether (sulfide) groups is 2. The molecule has 0 bridgehead atoms. The van der Waals surface area contributed by atoms with Crippen molar-refractivity contribution in [2.75, 3.05) is 16.8 Å². The third-order valence-electron chi connectivity index (χ3n) is 1.89. The third kappa shape index (κ3) is 3.15. The van der Waals surface area contributed by atoms with Crippen molar-refractivity contribution in [3.63, 3.8) is 0 Å². The quantitative estimate of drug-likeness (QED) is 0.663. The SMILES string of the molecule is CC(C)(C)C1SCC(CBr)CS1. The van der Waals surface area contributed by atoms with Gasteiger partial charge in [-0.3, -0.25) is 0 Å². The van der Waals surface area contributed by atoms with E-state index in [1.807, 2.05) is 0 Å². The second-order valence-corrected chi connectivity index (χ2v) is 7.61. The number of halogens is 1. The summed E-state index contributed by atoms with van der Waals surface area (Å²) in [7, 11) is 0. The Labute approximate surface area is 92.8 Å². The van der Waals surface area contributed by atoms with Crippen molar-refractivity contribution in [1.29, 1.82) is 0 Å². The molecule has 0 aromatic rings. The minimum absolute atomic E-state index is 0.465. The van der Waals surface area contributed by atoms with Crippen LogP contribution >= 0.6 is 39.5 Å². The monoisotopic (exact) mass is 268 g/mol. The summed E-state index contributed by atoms with van der Waals surface area (Å²) in [6.45, 7) is 7.02. The van der Waals surface area contributed by atoms with Gasteiger partial charge in [-0.25, -0.2) is 0 Å². The Balaban J connectivity index is 2.36. The summed E-state index contributed by atoms with van der Waals surface area (Å²) in [6.07, 6.45) is 0. The Morgan fingerprint density at radius 3 is 2.08 bits per heavy atom. The molecule has 3 heteroatoms. The zero-order valence-corrected chi connectivity index (χ0v) is 11.2. The molecule has 1 fully saturated rings. The van der Waals surface area contributed by atoms with Crippen molar-refractivity contribution in [3.8, 4) is 0 Å². The van der Waals surface area contributed by atoms with Crippen molar-refractivity contribution in [2.24, 2.45) is 11.3 Å². The molecule has 1 saturated heterocycles. The van der Waals surface area contributed by atoms with E-state index in [9.17, 15) is 0 Å². The van der Waals surface area contributed by atoms with Gasteiger partial charge in [0.05, 0.1) is 4.58 Å². The highest BCUT2D eigenvalue weighted by Gasteiger charge is 2.30. The second-order valence-electron chi connectivity index (χ2n) is 4.38. The fraction of sp³-hybridized carbons (Fsp3) is 1.00. The lowest BCUT2D eigenvalue weighted by Crippen LogP contribution is -2.27. The zero-order chi connectivity index (χ0) is 9.19. The van der Waals surface area contributed by atoms with E-state index in [4.69, 9.17) is 0 Å². The standard InChI is InChI=1S/C9H17BrS2/c1-9(2,3)8-11-5-7(4-10)6-12-8/h7-8H,4-6H2,1-3H3. The van der Waals surface area contributed by atoms with Crippen LogP contribution in [-0.4, -0.2) is 21.4 Å². The Morgan fingerprint density at radius 2 is 1.75 bits per heavy atom. The molecule has 0 N–H and O–H groups in total. The fourth-order valence-corrected chi connectivity index (χ4v) is 5.57. The van der Waals surface area contributed by atoms with E-state index in [-0.39, 0.29) is 0 Å². The summed E-state index contributed by atoms with van der Waals surface area (Å²) in [6, 6.07) is 0. The Morgan fingerprint density at radius 1 is 1.25 bits per heavy atom. The van der Waals surface area contributed by atoms with Crippen molar-refractivity contribution in [2.45, 2.75) is 25.4 Å². The van der Waals surface area contributed by atoms with Crippen LogP contribution in [0.5, 0.6) is 0 Å². The third-order valence-corrected chi connectivity index (χ3v) is 6.97. The smallest absolute Gasteiger partial charge is 0.0550 e. The first-order chi connectivity index (χ1) is 5.54. The lowest BCUT2D eigenvalue weighted by molar-refractivity contribution is 0.457. The van der Waals surface area contributed by atoms with Gasteiger partial charge in [0, 0.05) is 5.33 Å². The van der Waals surface area contributed by atoms with Crippen LogP contribution in [0.25, 0.3) is 0 Å². The predicted molar refractivity (Wildman–Crippen MR) is 65.4 cm³/mol. The molecule has 12 heavy (non-hydrogen) atoms. The molecule has 0 aromatic carbocycles. The Bertz CT molecular complexity index is 134. The van der Waals surface area contributed by atoms with Gasteiger partial charge in [-0.2, -0.15) is 0 Å². The van der Waals surface area contributed by atoms with Crippen LogP contribution in [0.2, 0.25) is 0 Å². The zero-order valence-electron chi connectivity index (χ0n) is 7.97. The molecule has 0 amide bonds. The fourth-order valence-electron chi connectivity index (χ4n) is 1.13. The summed E-state index contributed by atoms with van der Waals surface area (Å²) in [5.74, 6) is 3.55. The normalized spacial score (nSPS) is 32.0. The highest BCUT2D eigenvalue weighted by atomic mass is 79.9. The minimum Gasteiger partial charge on any atom is -0.147 e. The first-order valence-corrected chi connectivity index (χ1v) is 7.55. The topological polar surface area (TPSA) is 0 Å². The average molecular weight is 269 g/mol. The maximum absolute atomic E-state index is 3.55. The Kier molecular flexibility index (Phi) is 4.32. The maximum Gasteiger partial charge on any atom is 0.0550 e. The molecule has 1 aliphatic rings. The number of alkyl halides is 1. The molecule has 0 spiro atoms. The van der Waals surface area contributed by atoms with E-state index in [1.54, 1.807) is 0 Å². The molecular formula is C9H17BrS2. The predicted octanol–water partition coefficient (Wildman–Crippen LogP) is 3.85. The lowest BCUT2D eigenvalue weighted by Gasteiger charge is -2.35. The van der Waals surface area contributed by atoms with E-state index in [1.165, 1.54) is 16.8 Å². The van der Waals surface area contributed by atoms with Crippen LogP contribution in [0.3, 0.4) is 0 Å². The molecule has 0 aliphatic carbocycles. The van der Waals surface area contributed by atoms with Crippen LogP contribution < -0.4 is 0 Å². The summed E-state index contributed by atoms with van der Waals surface area (Å²) in [5.41, 5.74) is 0.465. The van der Waals surface area contributed by atoms with Gasteiger partial charge in [-0.15, -0.1) is 23.5 Å². The summed E-state index contributed by atoms with van der Waals surface area (Å²) < 4.78 is 0.799. The summed E-state index contributed by atoms with van der Waals surface area (Å²) in [5, 5.41) is 1.17. The van der Waals surface area contributed by atoms with Crippen molar-refractivity contribution < 1.29 is 0 Å². The van der Waals surface area contributed by atoms with E-state index < -0.39 is 0 Å². The first-order valence-electron chi connectivity index (χ1n) is 4.33. The van der Waals surface area contributed by atoms with Gasteiger partial charge in [0.1, 0.15) is 0 Å². The van der Waals surface area contributed by atoms with Crippen LogP contribution in [0.15, 0.2) is 0 Å². The van der Waals surface area contributed by atoms with E-state index in [0.717, 1.165) is 10.5 Å². The average Bonchev–Trinajstić information content (AvgIpc) is 2.03. The van der Waals surface area contributed by atoms with Gasteiger partial charge in [0.25, 0.3) is 0 Å². The van der Waals surface area contributed by atoms with Crippen molar-refractivity contribution in [3.05, 3.63) is 0 Å². The molecule has 0 saturated carbocycles. The molecule has 0 nitrogen and oxygen atoms in total. The molecule has 0 aromatic heterocycles. The summed E-state index contributed by atoms with van der Waals surface area (Å²) >= 11 is 7.83. The van der Waals surface area contributed by atoms with Crippen LogP contribution in [-0.2, 0) is 0 Å². The molecule has 0 radical (unpaired) electrons. The molecule has 0 atom stereocenters. The van der Waals surface area contributed by atoms with E-state index >= 15 is 0 Å². The van der Waals surface area contributed by atoms with Crippen molar-refractivity contribution >= 4 is 39.5 Å². The van der Waals surface area contributed by atoms with E-state index in [2.05, 4.69) is 60.2 Å². The van der Waals surface area contributed by atoms with Crippen LogP contribution in [0.1, 0.15) is 20.8 Å². The molecule has 1 heterocycles. The van der Waals surface area contributed by atoms with Gasteiger partial charge in [0.15, 0.2) is 0 Å². The summed E-state index contributed by atoms with van der Waals surface area (Å²) in [4.78, 5) is 0. The van der Waals surface area contributed by atoms with E-state index in [0.29, 0.717) is 5.41 Å². The van der Waals surface area contributed by atoms with Gasteiger partial charge >= 0.3 is 0 Å². The van der Waals surface area contributed by atoms with Gasteiger partial charge in [-0.05, 0) is 22.8 Å². The van der Waals surface area contributed by atoms with Gasteiger partial charge < -0.3 is 0 Å². The maximum atomic E-state index is 3.55. The van der Waals surface area contributed by atoms with Crippen LogP contribution in [0.4, 0.5) is 0 Å². The largest absolute Gasteiger partial charge is 0.147 e. The second kappa shape index (κ2) is 4.61.